The van der Waals surface area contributed by atoms with Gasteiger partial charge in [0, 0.05) is 14.7 Å². The Morgan fingerprint density at radius 3 is 2.11 bits per heavy atom. The van der Waals surface area contributed by atoms with E-state index in [1.165, 1.54) is 23.5 Å². The van der Waals surface area contributed by atoms with Crippen LogP contribution in [0.1, 0.15) is 5.56 Å². The van der Waals surface area contributed by atoms with Crippen LogP contribution >= 0.6 is 23.5 Å². The van der Waals surface area contributed by atoms with Crippen molar-refractivity contribution >= 4 is 50.8 Å². The fraction of sp³-hybridized carbons (Fsp3) is 0.107. The Labute approximate surface area is 221 Å². The van der Waals surface area contributed by atoms with Gasteiger partial charge in [0.25, 0.3) is 10.0 Å². The topological polar surface area (TPSA) is 66.5 Å². The molecule has 4 aromatic rings. The van der Waals surface area contributed by atoms with Crippen molar-refractivity contribution in [2.45, 2.75) is 26.5 Å². The lowest BCUT2D eigenvalue weighted by molar-refractivity contribution is -0.114. The molecule has 0 radical (unpaired) electrons. The Hall–Kier alpha value is -3.20. The van der Waals surface area contributed by atoms with Gasteiger partial charge in [-0.2, -0.15) is 0 Å². The second kappa shape index (κ2) is 11.7. The van der Waals surface area contributed by atoms with Crippen LogP contribution in [0.4, 0.5) is 11.4 Å². The number of carbonyl (C=O) groups excluding carboxylic acids is 1. The van der Waals surface area contributed by atoms with E-state index in [0.717, 1.165) is 24.6 Å². The average molecular weight is 535 g/mol. The maximum absolute atomic E-state index is 13.6. The molecule has 4 rings (SSSR count). The van der Waals surface area contributed by atoms with Gasteiger partial charge in [-0.1, -0.05) is 59.8 Å². The van der Waals surface area contributed by atoms with Gasteiger partial charge >= 0.3 is 0 Å². The van der Waals surface area contributed by atoms with Crippen molar-refractivity contribution in [1.82, 2.24) is 0 Å². The number of benzene rings is 4. The number of rotatable bonds is 9. The van der Waals surface area contributed by atoms with Crippen LogP contribution in [0.5, 0.6) is 0 Å². The van der Waals surface area contributed by atoms with Gasteiger partial charge in [-0.25, -0.2) is 8.42 Å². The number of anilines is 2. The third kappa shape index (κ3) is 6.32. The predicted octanol–water partition coefficient (Wildman–Crippen LogP) is 6.70. The standard InChI is InChI=1S/C28H26N2O3S3/c1-21-12-14-22(15-13-21)30(36(32,33)25-18-16-23(34-2)17-19-25)20-28(31)29-26-10-6-7-11-27(26)35-24-8-4-3-5-9-24/h3-19H,20H2,1-2H3,(H,29,31). The Kier molecular flexibility index (Phi) is 8.40. The molecule has 0 aliphatic rings. The molecule has 0 saturated carbocycles. The normalized spacial score (nSPS) is 11.2. The van der Waals surface area contributed by atoms with E-state index in [9.17, 15) is 13.2 Å². The van der Waals surface area contributed by atoms with E-state index in [1.54, 1.807) is 36.4 Å². The maximum atomic E-state index is 13.6. The molecule has 1 N–H and O–H groups in total. The van der Waals surface area contributed by atoms with Gasteiger partial charge in [0.2, 0.25) is 5.91 Å². The molecular weight excluding hydrogens is 509 g/mol. The number of sulfonamides is 1. The van der Waals surface area contributed by atoms with E-state index in [2.05, 4.69) is 5.32 Å². The summed E-state index contributed by atoms with van der Waals surface area (Å²) in [5.41, 5.74) is 2.05. The van der Waals surface area contributed by atoms with Gasteiger partial charge in [0.1, 0.15) is 6.54 Å². The number of aryl methyl sites for hydroxylation is 1. The Morgan fingerprint density at radius 2 is 1.44 bits per heavy atom. The zero-order chi connectivity index (χ0) is 25.5. The number of hydrogen-bond acceptors (Lipinski definition) is 5. The van der Waals surface area contributed by atoms with Crippen LogP contribution in [0.25, 0.3) is 0 Å². The van der Waals surface area contributed by atoms with Crippen molar-refractivity contribution in [3.8, 4) is 0 Å². The Morgan fingerprint density at radius 1 is 0.806 bits per heavy atom. The summed E-state index contributed by atoms with van der Waals surface area (Å²) in [6.45, 7) is 1.57. The summed E-state index contributed by atoms with van der Waals surface area (Å²) >= 11 is 3.06. The van der Waals surface area contributed by atoms with Crippen molar-refractivity contribution in [3.05, 3.63) is 109 Å². The molecule has 0 saturated heterocycles. The van der Waals surface area contributed by atoms with Gasteiger partial charge in [0.05, 0.1) is 16.3 Å². The number of para-hydroxylation sites is 1. The maximum Gasteiger partial charge on any atom is 0.264 e. The molecule has 0 unspecified atom stereocenters. The van der Waals surface area contributed by atoms with Crippen LogP contribution in [-0.2, 0) is 14.8 Å². The number of nitrogens with zero attached hydrogens (tertiary/aromatic N) is 1. The molecule has 1 amide bonds. The number of hydrogen-bond donors (Lipinski definition) is 1. The molecule has 8 heteroatoms. The zero-order valence-corrected chi connectivity index (χ0v) is 22.4. The van der Waals surface area contributed by atoms with Crippen molar-refractivity contribution in [2.75, 3.05) is 22.4 Å². The van der Waals surface area contributed by atoms with Gasteiger partial charge in [0.15, 0.2) is 0 Å². The highest BCUT2D eigenvalue weighted by Gasteiger charge is 2.27. The van der Waals surface area contributed by atoms with Crippen LogP contribution in [0.2, 0.25) is 0 Å². The summed E-state index contributed by atoms with van der Waals surface area (Å²) in [7, 11) is -3.98. The predicted molar refractivity (Wildman–Crippen MR) is 150 cm³/mol. The van der Waals surface area contributed by atoms with Gasteiger partial charge in [-0.3, -0.25) is 9.10 Å². The van der Waals surface area contributed by atoms with E-state index in [4.69, 9.17) is 0 Å². The summed E-state index contributed by atoms with van der Waals surface area (Å²) < 4.78 is 28.5. The molecule has 0 aliphatic heterocycles. The number of thioether (sulfide) groups is 1. The minimum absolute atomic E-state index is 0.133. The van der Waals surface area contributed by atoms with Crippen molar-refractivity contribution in [2.24, 2.45) is 0 Å². The smallest absolute Gasteiger partial charge is 0.264 e. The number of carbonyl (C=O) groups is 1. The molecule has 0 aromatic heterocycles. The lowest BCUT2D eigenvalue weighted by atomic mass is 10.2. The van der Waals surface area contributed by atoms with E-state index >= 15 is 0 Å². The molecule has 184 valence electrons. The number of amides is 1. The zero-order valence-electron chi connectivity index (χ0n) is 19.9. The SMILES string of the molecule is CSc1ccc(S(=O)(=O)N(CC(=O)Nc2ccccc2Sc2ccccc2)c2ccc(C)cc2)cc1. The van der Waals surface area contributed by atoms with Crippen LogP contribution < -0.4 is 9.62 Å². The van der Waals surface area contributed by atoms with Gasteiger partial charge < -0.3 is 5.32 Å². The largest absolute Gasteiger partial charge is 0.323 e. The molecule has 0 spiro atoms. The summed E-state index contributed by atoms with van der Waals surface area (Å²) in [6, 6.07) is 31.1. The fourth-order valence-corrected chi connectivity index (χ4v) is 6.25. The van der Waals surface area contributed by atoms with Crippen LogP contribution in [-0.4, -0.2) is 27.1 Å². The second-order valence-corrected chi connectivity index (χ2v) is 11.8. The van der Waals surface area contributed by atoms with E-state index in [1.807, 2.05) is 79.9 Å². The monoisotopic (exact) mass is 534 g/mol. The first-order valence-corrected chi connectivity index (χ1v) is 14.7. The molecular formula is C28H26N2O3S3. The summed E-state index contributed by atoms with van der Waals surface area (Å²) in [5.74, 6) is -0.430. The minimum Gasteiger partial charge on any atom is -0.323 e. The van der Waals surface area contributed by atoms with Crippen molar-refractivity contribution < 1.29 is 13.2 Å². The van der Waals surface area contributed by atoms with Gasteiger partial charge in [-0.05, 0) is 73.8 Å². The first kappa shape index (κ1) is 25.9. The third-order valence-electron chi connectivity index (χ3n) is 5.39. The van der Waals surface area contributed by atoms with Crippen LogP contribution in [0.3, 0.4) is 0 Å². The van der Waals surface area contributed by atoms with Crippen LogP contribution in [0.15, 0.2) is 123 Å². The molecule has 36 heavy (non-hydrogen) atoms. The highest BCUT2D eigenvalue weighted by Crippen LogP contribution is 2.33. The molecule has 0 fully saturated rings. The number of nitrogens with one attached hydrogen (secondary N) is 1. The van der Waals surface area contributed by atoms with E-state index < -0.39 is 15.9 Å². The fourth-order valence-electron chi connectivity index (χ4n) is 3.50. The van der Waals surface area contributed by atoms with Gasteiger partial charge in [-0.15, -0.1) is 11.8 Å². The molecule has 0 atom stereocenters. The molecule has 0 bridgehead atoms. The van der Waals surface area contributed by atoms with E-state index in [-0.39, 0.29) is 11.4 Å². The summed E-state index contributed by atoms with van der Waals surface area (Å²) in [5, 5.41) is 2.91. The molecule has 4 aromatic carbocycles. The first-order valence-electron chi connectivity index (χ1n) is 11.2. The Bertz CT molecular complexity index is 1420. The average Bonchev–Trinajstić information content (AvgIpc) is 2.89. The molecule has 0 heterocycles. The first-order chi connectivity index (χ1) is 17.4. The molecule has 0 aliphatic carbocycles. The van der Waals surface area contributed by atoms with Crippen molar-refractivity contribution in [3.63, 3.8) is 0 Å². The van der Waals surface area contributed by atoms with Crippen LogP contribution in [0, 0.1) is 6.92 Å². The summed E-state index contributed by atoms with van der Waals surface area (Å²) in [4.78, 5) is 16.2. The quantitative estimate of drug-likeness (QED) is 0.242. The highest BCUT2D eigenvalue weighted by molar-refractivity contribution is 7.99. The highest BCUT2D eigenvalue weighted by atomic mass is 32.2. The van der Waals surface area contributed by atoms with E-state index in [0.29, 0.717) is 11.4 Å². The second-order valence-electron chi connectivity index (χ2n) is 7.98. The Balaban J connectivity index is 1.61. The summed E-state index contributed by atoms with van der Waals surface area (Å²) in [6.07, 6.45) is 1.93. The van der Waals surface area contributed by atoms with Crippen molar-refractivity contribution in [1.29, 1.82) is 0 Å². The molecule has 5 nitrogen and oxygen atoms in total. The third-order valence-corrected chi connectivity index (χ3v) is 9.00. The minimum atomic E-state index is -3.98. The lowest BCUT2D eigenvalue weighted by Gasteiger charge is -2.24. The lowest BCUT2D eigenvalue weighted by Crippen LogP contribution is -2.38.